The van der Waals surface area contributed by atoms with Crippen LogP contribution in [0, 0.1) is 0 Å². The van der Waals surface area contributed by atoms with Crippen molar-refractivity contribution in [2.24, 2.45) is 0 Å². The van der Waals surface area contributed by atoms with Gasteiger partial charge in [-0.25, -0.2) is 4.98 Å². The molecule has 182 valence electrons. The van der Waals surface area contributed by atoms with Crippen molar-refractivity contribution in [3.63, 3.8) is 0 Å². The highest BCUT2D eigenvalue weighted by Crippen LogP contribution is 2.30. The van der Waals surface area contributed by atoms with E-state index in [1.165, 1.54) is 50.1 Å². The van der Waals surface area contributed by atoms with Crippen molar-refractivity contribution in [3.05, 3.63) is 59.9 Å². The molecule has 0 amide bonds. The van der Waals surface area contributed by atoms with Gasteiger partial charge in [0, 0.05) is 6.54 Å². The van der Waals surface area contributed by atoms with Crippen LogP contribution in [0.3, 0.4) is 0 Å². The molecule has 1 aliphatic heterocycles. The highest BCUT2D eigenvalue weighted by atomic mass is 16.5. The van der Waals surface area contributed by atoms with Crippen LogP contribution >= 0.6 is 0 Å². The number of ether oxygens (including phenoxy) is 2. The summed E-state index contributed by atoms with van der Waals surface area (Å²) >= 11 is 0. The van der Waals surface area contributed by atoms with Gasteiger partial charge in [0.05, 0.1) is 30.8 Å². The van der Waals surface area contributed by atoms with Gasteiger partial charge in [0.2, 0.25) is 0 Å². The van der Waals surface area contributed by atoms with Crippen LogP contribution in [0.25, 0.3) is 17.1 Å². The summed E-state index contributed by atoms with van der Waals surface area (Å²) in [7, 11) is 1.69. The summed E-state index contributed by atoms with van der Waals surface area (Å²) in [6.45, 7) is 8.31. The highest BCUT2D eigenvalue weighted by molar-refractivity contribution is 5.76. The predicted octanol–water partition coefficient (Wildman–Crippen LogP) is 6.87. The number of imidazole rings is 1. The lowest BCUT2D eigenvalue weighted by atomic mass is 10.2. The van der Waals surface area contributed by atoms with Gasteiger partial charge in [-0.2, -0.15) is 0 Å². The Kier molecular flexibility index (Phi) is 8.64. The molecular formula is C29H39N3O2. The van der Waals surface area contributed by atoms with Crippen molar-refractivity contribution in [1.82, 2.24) is 14.5 Å². The fraction of sp³-hybridized carbons (Fsp3) is 0.483. The molecule has 4 rings (SSSR count). The van der Waals surface area contributed by atoms with Crippen LogP contribution in [0.1, 0.15) is 69.8 Å². The molecule has 1 saturated heterocycles. The molecule has 0 bridgehead atoms. The average molecular weight is 462 g/mol. The molecular weight excluding hydrogens is 422 g/mol. The zero-order valence-corrected chi connectivity index (χ0v) is 21.0. The Labute approximate surface area is 204 Å². The first-order chi connectivity index (χ1) is 16.7. The fourth-order valence-corrected chi connectivity index (χ4v) is 4.95. The first-order valence-corrected chi connectivity index (χ1v) is 12.8. The molecule has 0 N–H and O–H groups in total. The number of benzene rings is 2. The van der Waals surface area contributed by atoms with Gasteiger partial charge in [-0.1, -0.05) is 43.2 Å². The third kappa shape index (κ3) is 5.82. The molecule has 3 aromatic rings. The van der Waals surface area contributed by atoms with E-state index < -0.39 is 0 Å². The van der Waals surface area contributed by atoms with Crippen molar-refractivity contribution in [2.45, 2.75) is 65.0 Å². The van der Waals surface area contributed by atoms with Crippen LogP contribution < -0.4 is 9.47 Å². The summed E-state index contributed by atoms with van der Waals surface area (Å²) in [4.78, 5) is 7.70. The van der Waals surface area contributed by atoms with Crippen molar-refractivity contribution >= 4 is 17.1 Å². The van der Waals surface area contributed by atoms with E-state index in [2.05, 4.69) is 52.8 Å². The van der Waals surface area contributed by atoms with Crippen molar-refractivity contribution in [2.75, 3.05) is 26.8 Å². The molecule has 0 aliphatic carbocycles. The normalized spacial score (nSPS) is 16.1. The average Bonchev–Trinajstić information content (AvgIpc) is 3.02. The Bertz CT molecular complexity index is 1080. The number of unbranched alkanes of at least 4 members (excludes halogenated alkanes) is 1. The number of fused-ring (bicyclic) bond motifs is 1. The molecule has 5 nitrogen and oxygen atoms in total. The van der Waals surface area contributed by atoms with Crippen LogP contribution in [0.2, 0.25) is 0 Å². The number of aromatic nitrogens is 2. The minimum Gasteiger partial charge on any atom is -0.493 e. The molecule has 1 atom stereocenters. The van der Waals surface area contributed by atoms with Gasteiger partial charge in [0.15, 0.2) is 11.5 Å². The van der Waals surface area contributed by atoms with Crippen LogP contribution in [0.4, 0.5) is 0 Å². The summed E-state index contributed by atoms with van der Waals surface area (Å²) in [5.74, 6) is 2.79. The maximum atomic E-state index is 6.07. The van der Waals surface area contributed by atoms with Crippen LogP contribution in [-0.2, 0) is 6.54 Å². The van der Waals surface area contributed by atoms with E-state index in [9.17, 15) is 0 Å². The second-order valence-corrected chi connectivity index (χ2v) is 9.20. The number of hydrogen-bond acceptors (Lipinski definition) is 4. The fourth-order valence-electron chi connectivity index (χ4n) is 4.95. The third-order valence-electron chi connectivity index (χ3n) is 6.83. The van der Waals surface area contributed by atoms with Gasteiger partial charge < -0.3 is 14.0 Å². The number of likely N-dealkylation sites (tertiary alicyclic amines) is 1. The van der Waals surface area contributed by atoms with Gasteiger partial charge in [0.1, 0.15) is 5.82 Å². The topological polar surface area (TPSA) is 39.5 Å². The number of methoxy groups -OCH3 is 1. The predicted molar refractivity (Wildman–Crippen MR) is 141 cm³/mol. The molecule has 0 radical (unpaired) electrons. The first kappa shape index (κ1) is 24.3. The number of rotatable bonds is 10. The summed E-state index contributed by atoms with van der Waals surface area (Å²) in [6, 6.07) is 15.0. The minimum absolute atomic E-state index is 0.335. The Morgan fingerprint density at radius 2 is 1.79 bits per heavy atom. The highest BCUT2D eigenvalue weighted by Gasteiger charge is 2.23. The van der Waals surface area contributed by atoms with Crippen LogP contribution in [-0.4, -0.2) is 41.3 Å². The molecule has 1 fully saturated rings. The third-order valence-corrected chi connectivity index (χ3v) is 6.83. The van der Waals surface area contributed by atoms with E-state index in [0.29, 0.717) is 12.6 Å². The Balaban J connectivity index is 1.40. The summed E-state index contributed by atoms with van der Waals surface area (Å²) < 4.78 is 14.0. The molecule has 1 unspecified atom stereocenters. The molecule has 5 heteroatoms. The molecule has 1 aliphatic rings. The van der Waals surface area contributed by atoms with E-state index in [4.69, 9.17) is 14.5 Å². The van der Waals surface area contributed by atoms with Gasteiger partial charge in [0.25, 0.3) is 0 Å². The summed E-state index contributed by atoms with van der Waals surface area (Å²) in [5.41, 5.74) is 3.45. The van der Waals surface area contributed by atoms with Crippen molar-refractivity contribution in [1.29, 1.82) is 0 Å². The van der Waals surface area contributed by atoms with Crippen molar-refractivity contribution in [3.8, 4) is 11.5 Å². The van der Waals surface area contributed by atoms with E-state index >= 15 is 0 Å². The zero-order chi connectivity index (χ0) is 23.8. The van der Waals surface area contributed by atoms with Gasteiger partial charge in [-0.3, -0.25) is 4.90 Å². The smallest absolute Gasteiger partial charge is 0.161 e. The molecule has 0 saturated carbocycles. The first-order valence-electron chi connectivity index (χ1n) is 12.8. The lowest BCUT2D eigenvalue weighted by Crippen LogP contribution is -2.30. The maximum absolute atomic E-state index is 6.07. The Hall–Kier alpha value is -2.79. The standard InChI is InChI=1S/C29H39N3O2/c1-4-13-24-16-17-27(28(22-24)33-3)34-21-12-11-20-32-26-15-8-7-14-25(26)30-29(32)23(2)31-18-9-5-6-10-19-31/h4,7-8,13-17,22-23H,5-6,9-12,18-21H2,1-3H3/b13-4+. The monoisotopic (exact) mass is 461 g/mol. The van der Waals surface area contributed by atoms with E-state index in [-0.39, 0.29) is 0 Å². The van der Waals surface area contributed by atoms with E-state index in [0.717, 1.165) is 42.0 Å². The Morgan fingerprint density at radius 1 is 1.00 bits per heavy atom. The quantitative estimate of drug-likeness (QED) is 0.309. The van der Waals surface area contributed by atoms with Gasteiger partial charge >= 0.3 is 0 Å². The molecule has 0 spiro atoms. The largest absolute Gasteiger partial charge is 0.493 e. The van der Waals surface area contributed by atoms with Gasteiger partial charge in [-0.15, -0.1) is 0 Å². The number of aryl methyl sites for hydroxylation is 1. The minimum atomic E-state index is 0.335. The van der Waals surface area contributed by atoms with Gasteiger partial charge in [-0.05, 0) is 82.4 Å². The SMILES string of the molecule is C/C=C/c1ccc(OCCCCn2c(C(C)N3CCCCCC3)nc3ccccc32)c(OC)c1. The lowest BCUT2D eigenvalue weighted by Gasteiger charge is -2.27. The van der Waals surface area contributed by atoms with E-state index in [1.807, 2.05) is 25.1 Å². The maximum Gasteiger partial charge on any atom is 0.161 e. The number of para-hydroxylation sites is 2. The summed E-state index contributed by atoms with van der Waals surface area (Å²) in [5, 5.41) is 0. The number of hydrogen-bond donors (Lipinski definition) is 0. The van der Waals surface area contributed by atoms with Crippen LogP contribution in [0.15, 0.2) is 48.5 Å². The molecule has 2 heterocycles. The second kappa shape index (κ2) is 12.1. The lowest BCUT2D eigenvalue weighted by molar-refractivity contribution is 0.207. The van der Waals surface area contributed by atoms with Crippen molar-refractivity contribution < 1.29 is 9.47 Å². The zero-order valence-electron chi connectivity index (χ0n) is 21.0. The number of allylic oxidation sites excluding steroid dienone is 1. The summed E-state index contributed by atoms with van der Waals surface area (Å²) in [6.07, 6.45) is 11.4. The Morgan fingerprint density at radius 3 is 2.56 bits per heavy atom. The second-order valence-electron chi connectivity index (χ2n) is 9.20. The van der Waals surface area contributed by atoms with Crippen LogP contribution in [0.5, 0.6) is 11.5 Å². The molecule has 1 aromatic heterocycles. The molecule has 34 heavy (non-hydrogen) atoms. The number of nitrogens with zero attached hydrogens (tertiary/aromatic N) is 3. The van der Waals surface area contributed by atoms with E-state index in [1.54, 1.807) is 7.11 Å². The molecule has 2 aromatic carbocycles.